The molecule has 0 amide bonds. The summed E-state index contributed by atoms with van der Waals surface area (Å²) in [6.45, 7) is 0. The standard InChI is InChI=1S/C62H36OS/c1-2-15-37(16-3-1)58-47-23-10-12-25-49(47)61(50-26-13-11-24-48(50)58)52-28-14-27-51-42-31-29-41(36-57(42)64-62(51)52)60-45-21-8-6-19-43(45)59(44-20-7-9-22-46(44)60)40-30-32-55-53(34-40)54-33-38-17-4-5-18-39(38)35-56(54)63-55/h1-36H. The van der Waals surface area contributed by atoms with Crippen LogP contribution in [-0.2, 0) is 0 Å². The third-order valence-electron chi connectivity index (χ3n) is 13.6. The zero-order valence-corrected chi connectivity index (χ0v) is 35.4. The quantitative estimate of drug-likeness (QED) is 0.161. The van der Waals surface area contributed by atoms with Gasteiger partial charge in [-0.1, -0.05) is 188 Å². The molecule has 0 N–H and O–H groups in total. The summed E-state index contributed by atoms with van der Waals surface area (Å²) >= 11 is 1.91. The maximum atomic E-state index is 6.45. The van der Waals surface area contributed by atoms with E-state index in [-0.39, 0.29) is 0 Å². The van der Waals surface area contributed by atoms with Crippen molar-refractivity contribution < 1.29 is 4.42 Å². The summed E-state index contributed by atoms with van der Waals surface area (Å²) in [5.41, 5.74) is 11.9. The lowest BCUT2D eigenvalue weighted by atomic mass is 9.85. The maximum Gasteiger partial charge on any atom is 0.136 e. The minimum Gasteiger partial charge on any atom is -0.456 e. The number of hydrogen-bond acceptors (Lipinski definition) is 2. The van der Waals surface area contributed by atoms with Crippen molar-refractivity contribution in [2.45, 2.75) is 0 Å². The van der Waals surface area contributed by atoms with Crippen molar-refractivity contribution in [3.63, 3.8) is 0 Å². The zero-order chi connectivity index (χ0) is 41.9. The highest BCUT2D eigenvalue weighted by Crippen LogP contribution is 2.50. The van der Waals surface area contributed by atoms with E-state index >= 15 is 0 Å². The highest BCUT2D eigenvalue weighted by molar-refractivity contribution is 7.26. The molecule has 0 unspecified atom stereocenters. The molecule has 0 atom stereocenters. The number of rotatable bonds is 4. The van der Waals surface area contributed by atoms with E-state index in [4.69, 9.17) is 4.42 Å². The van der Waals surface area contributed by atoms with Crippen LogP contribution in [0.2, 0.25) is 0 Å². The lowest BCUT2D eigenvalue weighted by Crippen LogP contribution is -1.90. The highest BCUT2D eigenvalue weighted by Gasteiger charge is 2.22. The van der Waals surface area contributed by atoms with Crippen LogP contribution in [0.3, 0.4) is 0 Å². The van der Waals surface area contributed by atoms with Gasteiger partial charge in [0.2, 0.25) is 0 Å². The van der Waals surface area contributed by atoms with Crippen LogP contribution in [0.4, 0.5) is 0 Å². The van der Waals surface area contributed by atoms with E-state index in [1.807, 2.05) is 11.3 Å². The van der Waals surface area contributed by atoms with Gasteiger partial charge in [-0.2, -0.15) is 0 Å². The van der Waals surface area contributed by atoms with Crippen molar-refractivity contribution in [2.24, 2.45) is 0 Å². The van der Waals surface area contributed by atoms with Crippen LogP contribution in [0, 0.1) is 0 Å². The predicted octanol–water partition coefficient (Wildman–Crippen LogP) is 18.4. The van der Waals surface area contributed by atoms with Gasteiger partial charge >= 0.3 is 0 Å². The molecule has 0 fully saturated rings. The summed E-state index contributed by atoms with van der Waals surface area (Å²) in [5.74, 6) is 0. The molecule has 0 bridgehead atoms. The van der Waals surface area contributed by atoms with E-state index in [2.05, 4.69) is 218 Å². The predicted molar refractivity (Wildman–Crippen MR) is 276 cm³/mol. The van der Waals surface area contributed by atoms with E-state index < -0.39 is 0 Å². The minimum absolute atomic E-state index is 0.907. The molecule has 1 nitrogen and oxygen atoms in total. The first-order chi connectivity index (χ1) is 31.7. The van der Waals surface area contributed by atoms with Gasteiger partial charge in [-0.25, -0.2) is 0 Å². The molecule has 64 heavy (non-hydrogen) atoms. The van der Waals surface area contributed by atoms with Gasteiger partial charge in [0.15, 0.2) is 0 Å². The smallest absolute Gasteiger partial charge is 0.136 e. The molecule has 0 spiro atoms. The van der Waals surface area contributed by atoms with Crippen LogP contribution in [0.25, 0.3) is 140 Å². The van der Waals surface area contributed by atoms with Gasteiger partial charge in [-0.15, -0.1) is 11.3 Å². The SMILES string of the molecule is c1ccc(-c2c3ccccc3c(-c3cccc4c3sc3cc(-c5c6ccccc6c(-c6ccc7oc8cc9ccccc9cc8c7c6)c6ccccc56)ccc34)c3ccccc23)cc1. The molecule has 0 saturated heterocycles. The number of thiophene rings is 1. The molecule has 296 valence electrons. The van der Waals surface area contributed by atoms with E-state index in [0.29, 0.717) is 0 Å². The Morgan fingerprint density at radius 3 is 1.34 bits per heavy atom. The van der Waals surface area contributed by atoms with Crippen molar-refractivity contribution in [3.8, 4) is 44.5 Å². The molecule has 14 aromatic rings. The molecule has 2 heteroatoms. The van der Waals surface area contributed by atoms with Gasteiger partial charge in [-0.05, 0) is 123 Å². The molecule has 14 rings (SSSR count). The third kappa shape index (κ3) is 5.18. The second-order valence-corrected chi connectivity index (χ2v) is 18.1. The Bertz CT molecular complexity index is 4130. The first-order valence-electron chi connectivity index (χ1n) is 22.0. The fourth-order valence-corrected chi connectivity index (χ4v) is 12.1. The van der Waals surface area contributed by atoms with Crippen LogP contribution in [0.1, 0.15) is 0 Å². The molecular formula is C62H36OS. The Labute approximate surface area is 372 Å². The molecule has 2 heterocycles. The lowest BCUT2D eigenvalue weighted by Gasteiger charge is -2.18. The summed E-state index contributed by atoms with van der Waals surface area (Å²) in [4.78, 5) is 0. The Balaban J connectivity index is 0.977. The largest absolute Gasteiger partial charge is 0.456 e. The Kier molecular flexibility index (Phi) is 7.63. The van der Waals surface area contributed by atoms with Crippen molar-refractivity contribution in [1.82, 2.24) is 0 Å². The lowest BCUT2D eigenvalue weighted by molar-refractivity contribution is 0.669. The van der Waals surface area contributed by atoms with Gasteiger partial charge in [0.05, 0.1) is 0 Å². The van der Waals surface area contributed by atoms with Gasteiger partial charge in [0.1, 0.15) is 11.2 Å². The summed E-state index contributed by atoms with van der Waals surface area (Å²) < 4.78 is 9.06. The highest BCUT2D eigenvalue weighted by atomic mass is 32.1. The van der Waals surface area contributed by atoms with Crippen molar-refractivity contribution in [2.75, 3.05) is 0 Å². The van der Waals surface area contributed by atoms with E-state index in [1.54, 1.807) is 0 Å². The Morgan fingerprint density at radius 2 is 0.734 bits per heavy atom. The van der Waals surface area contributed by atoms with Crippen molar-refractivity contribution >= 4 is 107 Å². The molecule has 0 aliphatic heterocycles. The van der Waals surface area contributed by atoms with Crippen LogP contribution in [-0.4, -0.2) is 0 Å². The van der Waals surface area contributed by atoms with Crippen LogP contribution in [0.15, 0.2) is 223 Å². The van der Waals surface area contributed by atoms with Crippen LogP contribution in [0.5, 0.6) is 0 Å². The summed E-state index contributed by atoms with van der Waals surface area (Å²) in [6, 6.07) is 80.5. The monoisotopic (exact) mass is 828 g/mol. The van der Waals surface area contributed by atoms with Gasteiger partial charge in [0.25, 0.3) is 0 Å². The molecule has 0 saturated carbocycles. The zero-order valence-electron chi connectivity index (χ0n) is 34.6. The van der Waals surface area contributed by atoms with E-state index in [9.17, 15) is 0 Å². The van der Waals surface area contributed by atoms with Gasteiger partial charge in [0, 0.05) is 36.5 Å². The minimum atomic E-state index is 0.907. The van der Waals surface area contributed by atoms with E-state index in [1.165, 1.54) is 119 Å². The molecular weight excluding hydrogens is 793 g/mol. The molecule has 0 radical (unpaired) electrons. The first kappa shape index (κ1) is 35.5. The number of hydrogen-bond donors (Lipinski definition) is 0. The normalized spacial score (nSPS) is 12.1. The number of furan rings is 1. The summed E-state index contributed by atoms with van der Waals surface area (Å²) in [5, 5.41) is 17.3. The van der Waals surface area contributed by atoms with Crippen molar-refractivity contribution in [1.29, 1.82) is 0 Å². The second-order valence-electron chi connectivity index (χ2n) is 17.1. The van der Waals surface area contributed by atoms with Crippen LogP contribution >= 0.6 is 11.3 Å². The van der Waals surface area contributed by atoms with E-state index in [0.717, 1.165) is 21.9 Å². The Morgan fingerprint density at radius 1 is 0.266 bits per heavy atom. The first-order valence-corrected chi connectivity index (χ1v) is 22.8. The Hall–Kier alpha value is -8.04. The average molecular weight is 829 g/mol. The third-order valence-corrected chi connectivity index (χ3v) is 14.8. The molecule has 0 aliphatic carbocycles. The topological polar surface area (TPSA) is 13.1 Å². The number of fused-ring (bicyclic) bond motifs is 11. The molecule has 0 aliphatic rings. The molecule has 2 aromatic heterocycles. The van der Waals surface area contributed by atoms with Crippen LogP contribution < -0.4 is 0 Å². The summed E-state index contributed by atoms with van der Waals surface area (Å²) in [6.07, 6.45) is 0. The number of benzene rings is 12. The average Bonchev–Trinajstić information content (AvgIpc) is 3.91. The second kappa shape index (κ2) is 13.7. The van der Waals surface area contributed by atoms with Crippen molar-refractivity contribution in [3.05, 3.63) is 218 Å². The maximum absolute atomic E-state index is 6.45. The fourth-order valence-electron chi connectivity index (χ4n) is 10.9. The fraction of sp³-hybridized carbons (Fsp3) is 0. The summed E-state index contributed by atoms with van der Waals surface area (Å²) in [7, 11) is 0. The molecule has 12 aromatic carbocycles. The van der Waals surface area contributed by atoms with Gasteiger partial charge in [-0.3, -0.25) is 0 Å². The van der Waals surface area contributed by atoms with Gasteiger partial charge < -0.3 is 4.42 Å².